The first kappa shape index (κ1) is 13.7. The van der Waals surface area contributed by atoms with E-state index in [-0.39, 0.29) is 13.1 Å². The molecule has 0 saturated carbocycles. The highest BCUT2D eigenvalue weighted by molar-refractivity contribution is 5.57. The number of fused-ring (bicyclic) bond motifs is 1. The van der Waals surface area contributed by atoms with Crippen molar-refractivity contribution >= 4 is 11.4 Å². The number of nitrogens with zero attached hydrogens (tertiary/aromatic N) is 1. The molecule has 0 saturated heterocycles. The lowest BCUT2D eigenvalue weighted by Crippen LogP contribution is -2.20. The summed E-state index contributed by atoms with van der Waals surface area (Å²) in [7, 11) is 0. The minimum Gasteiger partial charge on any atom is -0.399 e. The Hall–Kier alpha value is -2.31. The monoisotopic (exact) mass is 300 g/mol. The van der Waals surface area contributed by atoms with Crippen molar-refractivity contribution in [1.29, 1.82) is 0 Å². The van der Waals surface area contributed by atoms with Gasteiger partial charge in [0.1, 0.15) is 5.69 Å². The van der Waals surface area contributed by atoms with Crippen LogP contribution >= 0.6 is 0 Å². The molecule has 0 aromatic heterocycles. The lowest BCUT2D eigenvalue weighted by atomic mass is 10.1. The Bertz CT molecular complexity index is 716. The second-order valence-corrected chi connectivity index (χ2v) is 4.80. The second-order valence-electron chi connectivity index (χ2n) is 4.80. The van der Waals surface area contributed by atoms with Gasteiger partial charge >= 0.3 is 0 Å². The van der Waals surface area contributed by atoms with E-state index in [1.54, 1.807) is 18.2 Å². The molecule has 2 aromatic rings. The number of hydrogen-bond donors (Lipinski definition) is 1. The van der Waals surface area contributed by atoms with Crippen LogP contribution < -0.4 is 10.6 Å². The maximum atomic E-state index is 13.8. The van der Waals surface area contributed by atoms with E-state index in [1.165, 1.54) is 0 Å². The predicted octanol–water partition coefficient (Wildman–Crippen LogP) is 3.48. The highest BCUT2D eigenvalue weighted by atomic mass is 19.2. The van der Waals surface area contributed by atoms with Gasteiger partial charge in [-0.15, -0.1) is 0 Å². The van der Waals surface area contributed by atoms with E-state index in [2.05, 4.69) is 0 Å². The summed E-state index contributed by atoms with van der Waals surface area (Å²) in [4.78, 5) is 1.10. The number of benzene rings is 2. The van der Waals surface area contributed by atoms with Gasteiger partial charge in [-0.1, -0.05) is 6.07 Å². The van der Waals surface area contributed by atoms with Crippen molar-refractivity contribution in [3.63, 3.8) is 0 Å². The Balaban J connectivity index is 2.08. The van der Waals surface area contributed by atoms with Crippen LogP contribution in [0.3, 0.4) is 0 Å². The molecule has 0 unspecified atom stereocenters. The van der Waals surface area contributed by atoms with Gasteiger partial charge in [0.15, 0.2) is 23.3 Å². The lowest BCUT2D eigenvalue weighted by Gasteiger charge is -2.20. The van der Waals surface area contributed by atoms with E-state index in [0.717, 1.165) is 10.5 Å². The summed E-state index contributed by atoms with van der Waals surface area (Å²) in [6.45, 7) is 0.0761. The molecule has 1 heterocycles. The molecule has 2 nitrogen and oxygen atoms in total. The van der Waals surface area contributed by atoms with E-state index in [4.69, 9.17) is 5.73 Å². The molecule has 0 amide bonds. The van der Waals surface area contributed by atoms with Gasteiger partial charge in [0, 0.05) is 18.8 Å². The molecule has 0 bridgehead atoms. The average molecular weight is 300 g/mol. The number of halogens is 5. The fraction of sp³-hybridized carbons (Fsp3) is 0.143. The van der Waals surface area contributed by atoms with Gasteiger partial charge in [0.25, 0.3) is 0 Å². The first-order chi connectivity index (χ1) is 9.90. The van der Waals surface area contributed by atoms with Gasteiger partial charge in [-0.2, -0.15) is 0 Å². The van der Waals surface area contributed by atoms with E-state index >= 15 is 0 Å². The summed E-state index contributed by atoms with van der Waals surface area (Å²) >= 11 is 0. The van der Waals surface area contributed by atoms with Crippen molar-refractivity contribution in [2.45, 2.75) is 13.1 Å². The van der Waals surface area contributed by atoms with Crippen molar-refractivity contribution in [2.75, 3.05) is 10.6 Å². The van der Waals surface area contributed by atoms with Gasteiger partial charge < -0.3 is 10.6 Å². The van der Waals surface area contributed by atoms with Crippen molar-refractivity contribution in [2.24, 2.45) is 0 Å². The number of nitrogen functional groups attached to an aromatic ring is 1. The molecule has 2 N–H and O–H groups in total. The standard InChI is InChI=1S/C14H9F5N2/c15-9-10(16)12(18)14(13(19)11(9)17)21-4-6-1-2-8(20)3-7(6)5-21/h1-3H,4-5,20H2. The predicted molar refractivity (Wildman–Crippen MR) is 67.0 cm³/mol. The normalized spacial score (nSPS) is 13.7. The Morgan fingerprint density at radius 2 is 1.29 bits per heavy atom. The highest BCUT2D eigenvalue weighted by Gasteiger charge is 2.31. The molecular weight excluding hydrogens is 291 g/mol. The molecule has 0 radical (unpaired) electrons. The minimum absolute atomic E-state index is 0.0265. The van der Waals surface area contributed by atoms with Gasteiger partial charge in [-0.3, -0.25) is 0 Å². The average Bonchev–Trinajstić information content (AvgIpc) is 2.85. The zero-order valence-electron chi connectivity index (χ0n) is 10.6. The molecule has 7 heteroatoms. The second kappa shape index (κ2) is 4.61. The summed E-state index contributed by atoms with van der Waals surface area (Å²) in [5.41, 5.74) is 6.58. The number of hydrogen-bond acceptors (Lipinski definition) is 2. The van der Waals surface area contributed by atoms with Crippen LogP contribution in [-0.2, 0) is 13.1 Å². The van der Waals surface area contributed by atoms with E-state index in [1.807, 2.05) is 0 Å². The van der Waals surface area contributed by atoms with Gasteiger partial charge in [0.05, 0.1) is 0 Å². The van der Waals surface area contributed by atoms with E-state index < -0.39 is 34.8 Å². The number of rotatable bonds is 1. The zero-order valence-corrected chi connectivity index (χ0v) is 10.6. The number of nitrogens with two attached hydrogens (primary N) is 1. The Morgan fingerprint density at radius 3 is 1.90 bits per heavy atom. The smallest absolute Gasteiger partial charge is 0.200 e. The van der Waals surface area contributed by atoms with Crippen LogP contribution in [-0.4, -0.2) is 0 Å². The lowest BCUT2D eigenvalue weighted by molar-refractivity contribution is 0.378. The summed E-state index contributed by atoms with van der Waals surface area (Å²) in [5, 5.41) is 0. The van der Waals surface area contributed by atoms with E-state index in [9.17, 15) is 22.0 Å². The molecule has 110 valence electrons. The first-order valence-corrected chi connectivity index (χ1v) is 6.03. The molecule has 2 aromatic carbocycles. The van der Waals surface area contributed by atoms with Crippen LogP contribution in [0.2, 0.25) is 0 Å². The van der Waals surface area contributed by atoms with Crippen LogP contribution in [0.15, 0.2) is 18.2 Å². The highest BCUT2D eigenvalue weighted by Crippen LogP contribution is 2.35. The Labute approximate surface area is 116 Å². The molecule has 0 fully saturated rings. The minimum atomic E-state index is -2.16. The third-order valence-electron chi connectivity index (χ3n) is 3.46. The molecule has 0 spiro atoms. The molecule has 3 rings (SSSR count). The maximum absolute atomic E-state index is 13.8. The van der Waals surface area contributed by atoms with Crippen LogP contribution in [0.5, 0.6) is 0 Å². The largest absolute Gasteiger partial charge is 0.399 e. The maximum Gasteiger partial charge on any atom is 0.200 e. The van der Waals surface area contributed by atoms with Crippen molar-refractivity contribution in [3.8, 4) is 0 Å². The van der Waals surface area contributed by atoms with E-state index in [0.29, 0.717) is 11.3 Å². The molecule has 1 aliphatic rings. The van der Waals surface area contributed by atoms with Gasteiger partial charge in [0.2, 0.25) is 5.82 Å². The van der Waals surface area contributed by atoms with Crippen molar-refractivity contribution < 1.29 is 22.0 Å². The molecule has 0 aliphatic carbocycles. The van der Waals surface area contributed by atoms with Crippen LogP contribution in [0.1, 0.15) is 11.1 Å². The van der Waals surface area contributed by atoms with Crippen LogP contribution in [0, 0.1) is 29.1 Å². The van der Waals surface area contributed by atoms with Gasteiger partial charge in [-0.25, -0.2) is 22.0 Å². The third kappa shape index (κ3) is 2.00. The fourth-order valence-electron chi connectivity index (χ4n) is 2.44. The van der Waals surface area contributed by atoms with Crippen LogP contribution in [0.25, 0.3) is 0 Å². The quantitative estimate of drug-likeness (QED) is 0.378. The fourth-order valence-corrected chi connectivity index (χ4v) is 2.44. The SMILES string of the molecule is Nc1ccc2c(c1)CN(c1c(F)c(F)c(F)c(F)c1F)C2. The molecular formula is C14H9F5N2. The summed E-state index contributed by atoms with van der Waals surface area (Å²) in [6, 6.07) is 4.89. The van der Waals surface area contributed by atoms with Gasteiger partial charge in [-0.05, 0) is 23.3 Å². The Kier molecular flexibility index (Phi) is 3.00. The topological polar surface area (TPSA) is 29.3 Å². The van der Waals surface area contributed by atoms with Crippen LogP contribution in [0.4, 0.5) is 33.3 Å². The molecule has 0 atom stereocenters. The number of anilines is 2. The third-order valence-corrected chi connectivity index (χ3v) is 3.46. The van der Waals surface area contributed by atoms with Crippen molar-refractivity contribution in [3.05, 3.63) is 58.4 Å². The molecule has 21 heavy (non-hydrogen) atoms. The summed E-state index contributed by atoms with van der Waals surface area (Å²) in [6.07, 6.45) is 0. The Morgan fingerprint density at radius 1 is 0.762 bits per heavy atom. The molecule has 1 aliphatic heterocycles. The summed E-state index contributed by atoms with van der Waals surface area (Å²) < 4.78 is 67.1. The zero-order chi connectivity index (χ0) is 15.3. The summed E-state index contributed by atoms with van der Waals surface area (Å²) in [5.74, 6) is -9.70. The first-order valence-electron chi connectivity index (χ1n) is 6.03. The van der Waals surface area contributed by atoms with Crippen molar-refractivity contribution in [1.82, 2.24) is 0 Å².